The molecule has 84 valence electrons. The summed E-state index contributed by atoms with van der Waals surface area (Å²) >= 11 is 4.66. The minimum atomic E-state index is -1.07. The van der Waals surface area contributed by atoms with Gasteiger partial charge in [-0.3, -0.25) is 9.79 Å². The molecule has 7 heteroatoms. The smallest absolute Gasteiger partial charge is 0.861 e. The van der Waals surface area contributed by atoms with Crippen LogP contribution in [-0.2, 0) is 17.4 Å². The summed E-state index contributed by atoms with van der Waals surface area (Å²) in [6.45, 7) is 5.62. The Morgan fingerprint density at radius 2 is 1.88 bits per heavy atom. The average molecular weight is 272 g/mol. The van der Waals surface area contributed by atoms with E-state index in [9.17, 15) is 9.90 Å². The van der Waals surface area contributed by atoms with Gasteiger partial charge in [0.2, 0.25) is 0 Å². The molecule has 1 rings (SSSR count). The molecular formula is C10H14N2Na2O2S. The van der Waals surface area contributed by atoms with Crippen LogP contribution >= 0.6 is 0 Å². The number of amidine groups is 1. The maximum atomic E-state index is 11.8. The fraction of sp³-hybridized carbons (Fsp3) is 0.700. The standard InChI is InChI=1S/C10H16N2O2S.2Na/c1-4-6(3)10(5-2)7(13)11-9(15)12-8(10)14;;/h6H,4-5H2,1-3H3,(H2,11,12,13,14,15);;/q;2*+1/p-2. The van der Waals surface area contributed by atoms with Gasteiger partial charge in [0.05, 0.1) is 5.41 Å². The van der Waals surface area contributed by atoms with Crippen molar-refractivity contribution < 1.29 is 69.0 Å². The Hall–Kier alpha value is 1.03. The largest absolute Gasteiger partial charge is 1.00 e. The van der Waals surface area contributed by atoms with Crippen LogP contribution in [0.15, 0.2) is 9.98 Å². The SMILES string of the molecule is CCC(C)C1(CC)C(=O)N=C([S-])N=C1[O-].[Na+].[Na+]. The third-order valence-corrected chi connectivity index (χ3v) is 3.35. The van der Waals surface area contributed by atoms with Crippen molar-refractivity contribution in [1.29, 1.82) is 0 Å². The number of amides is 1. The fourth-order valence-corrected chi connectivity index (χ4v) is 2.08. The molecule has 4 nitrogen and oxygen atoms in total. The van der Waals surface area contributed by atoms with Crippen LogP contribution in [0, 0.1) is 11.3 Å². The molecule has 0 N–H and O–H groups in total. The van der Waals surface area contributed by atoms with E-state index in [2.05, 4.69) is 22.6 Å². The summed E-state index contributed by atoms with van der Waals surface area (Å²) in [5.74, 6) is -0.910. The van der Waals surface area contributed by atoms with Gasteiger partial charge in [0, 0.05) is 5.17 Å². The van der Waals surface area contributed by atoms with Crippen molar-refractivity contribution in [2.75, 3.05) is 0 Å². The first kappa shape index (κ1) is 20.3. The van der Waals surface area contributed by atoms with Gasteiger partial charge in [-0.25, -0.2) is 4.99 Å². The molecule has 0 radical (unpaired) electrons. The minimum absolute atomic E-state index is 0. The van der Waals surface area contributed by atoms with Gasteiger partial charge in [-0.1, -0.05) is 27.2 Å². The molecule has 0 bridgehead atoms. The minimum Gasteiger partial charge on any atom is -0.861 e. The molecule has 1 aliphatic rings. The maximum absolute atomic E-state index is 11.8. The molecule has 0 aliphatic carbocycles. The zero-order valence-corrected chi connectivity index (χ0v) is 15.9. The monoisotopic (exact) mass is 272 g/mol. The molecule has 0 aromatic heterocycles. The van der Waals surface area contributed by atoms with Crippen molar-refractivity contribution in [3.63, 3.8) is 0 Å². The molecule has 0 saturated carbocycles. The van der Waals surface area contributed by atoms with Crippen LogP contribution in [0.2, 0.25) is 0 Å². The molecule has 0 spiro atoms. The molecule has 2 unspecified atom stereocenters. The van der Waals surface area contributed by atoms with Crippen LogP contribution in [-0.4, -0.2) is 17.0 Å². The van der Waals surface area contributed by atoms with Crippen molar-refractivity contribution in [2.24, 2.45) is 21.3 Å². The molecule has 1 heterocycles. The molecule has 0 fully saturated rings. The predicted molar refractivity (Wildman–Crippen MR) is 59.4 cm³/mol. The molecule has 0 aromatic carbocycles. The Bertz CT molecular complexity index is 347. The molecular weight excluding hydrogens is 258 g/mol. The van der Waals surface area contributed by atoms with Crippen molar-refractivity contribution in [3.05, 3.63) is 0 Å². The van der Waals surface area contributed by atoms with Gasteiger partial charge in [0.1, 0.15) is 0 Å². The van der Waals surface area contributed by atoms with Crippen LogP contribution < -0.4 is 64.2 Å². The number of aliphatic imine (C=N–C) groups is 2. The second-order valence-corrected chi connectivity index (χ2v) is 4.12. The number of carbonyl (C=O) groups excluding carboxylic acids is 1. The molecule has 0 saturated heterocycles. The summed E-state index contributed by atoms with van der Waals surface area (Å²) in [7, 11) is 0. The fourth-order valence-electron chi connectivity index (χ4n) is 1.91. The zero-order chi connectivity index (χ0) is 11.6. The van der Waals surface area contributed by atoms with Gasteiger partial charge in [-0.15, -0.1) is 0 Å². The normalized spacial score (nSPS) is 25.0. The third-order valence-electron chi connectivity index (χ3n) is 3.17. The quantitative estimate of drug-likeness (QED) is 0.381. The number of nitrogens with zero attached hydrogens (tertiary/aromatic N) is 2. The van der Waals surface area contributed by atoms with E-state index in [0.29, 0.717) is 6.42 Å². The zero-order valence-electron chi connectivity index (χ0n) is 11.1. The summed E-state index contributed by atoms with van der Waals surface area (Å²) in [4.78, 5) is 19.1. The van der Waals surface area contributed by atoms with Gasteiger partial charge in [-0.05, 0) is 18.2 Å². The number of hydrogen-bond donors (Lipinski definition) is 0. The molecule has 2 atom stereocenters. The molecule has 1 aliphatic heterocycles. The second-order valence-electron chi connectivity index (χ2n) is 3.75. The van der Waals surface area contributed by atoms with E-state index in [-0.39, 0.29) is 70.2 Å². The van der Waals surface area contributed by atoms with Crippen molar-refractivity contribution in [1.82, 2.24) is 0 Å². The van der Waals surface area contributed by atoms with E-state index >= 15 is 0 Å². The van der Waals surface area contributed by atoms with E-state index < -0.39 is 17.2 Å². The maximum Gasteiger partial charge on any atom is 1.00 e. The van der Waals surface area contributed by atoms with Gasteiger partial charge < -0.3 is 17.7 Å². The van der Waals surface area contributed by atoms with E-state index in [1.807, 2.05) is 13.8 Å². The summed E-state index contributed by atoms with van der Waals surface area (Å²) in [6, 6.07) is 0. The van der Waals surface area contributed by atoms with Gasteiger partial charge in [0.15, 0.2) is 0 Å². The van der Waals surface area contributed by atoms with Crippen LogP contribution in [0.5, 0.6) is 0 Å². The Labute approximate surface area is 152 Å². The first-order valence-corrected chi connectivity index (χ1v) is 5.46. The Kier molecular flexibility index (Phi) is 9.88. The summed E-state index contributed by atoms with van der Waals surface area (Å²) in [5.41, 5.74) is -1.07. The van der Waals surface area contributed by atoms with Crippen LogP contribution in [0.4, 0.5) is 0 Å². The van der Waals surface area contributed by atoms with Crippen LogP contribution in [0.1, 0.15) is 33.6 Å². The van der Waals surface area contributed by atoms with Crippen LogP contribution in [0.3, 0.4) is 0 Å². The predicted octanol–water partition coefficient (Wildman–Crippen LogP) is -5.36. The third kappa shape index (κ3) is 3.75. The topological polar surface area (TPSA) is 64.8 Å². The van der Waals surface area contributed by atoms with E-state index in [4.69, 9.17) is 0 Å². The van der Waals surface area contributed by atoms with Crippen molar-refractivity contribution >= 4 is 29.6 Å². The number of carbonyl (C=O) groups is 1. The van der Waals surface area contributed by atoms with Crippen LogP contribution in [0.25, 0.3) is 0 Å². The number of hydrogen-bond acceptors (Lipinski definition) is 4. The first-order valence-electron chi connectivity index (χ1n) is 5.05. The molecule has 17 heavy (non-hydrogen) atoms. The van der Waals surface area contributed by atoms with Gasteiger partial charge >= 0.3 is 59.1 Å². The summed E-state index contributed by atoms with van der Waals surface area (Å²) in [5, 5.41) is 11.7. The molecule has 1 amide bonds. The second kappa shape index (κ2) is 8.25. The first-order chi connectivity index (χ1) is 6.98. The van der Waals surface area contributed by atoms with Gasteiger partial charge in [0.25, 0.3) is 5.91 Å². The Balaban J connectivity index is 0. The van der Waals surface area contributed by atoms with Gasteiger partial charge in [-0.2, -0.15) is 0 Å². The van der Waals surface area contributed by atoms with E-state index in [1.165, 1.54) is 0 Å². The van der Waals surface area contributed by atoms with E-state index in [1.54, 1.807) is 6.92 Å². The Morgan fingerprint density at radius 1 is 1.35 bits per heavy atom. The number of rotatable bonds is 3. The Morgan fingerprint density at radius 3 is 2.24 bits per heavy atom. The van der Waals surface area contributed by atoms with Crippen molar-refractivity contribution in [2.45, 2.75) is 33.6 Å². The van der Waals surface area contributed by atoms with Crippen molar-refractivity contribution in [3.8, 4) is 0 Å². The van der Waals surface area contributed by atoms with E-state index in [0.717, 1.165) is 6.42 Å². The summed E-state index contributed by atoms with van der Waals surface area (Å²) < 4.78 is 0. The average Bonchev–Trinajstić information content (AvgIpc) is 2.17. The summed E-state index contributed by atoms with van der Waals surface area (Å²) in [6.07, 6.45) is 1.17. The molecule has 0 aromatic rings.